The average Bonchev–Trinajstić information content (AvgIpc) is 3.94. The Morgan fingerprint density at radius 1 is 0.266 bits per heavy atom. The molecule has 64 heavy (non-hydrogen) atoms. The van der Waals surface area contributed by atoms with Gasteiger partial charge in [-0.1, -0.05) is 182 Å². The molecule has 0 radical (unpaired) electrons. The number of aromatic nitrogens is 3. The van der Waals surface area contributed by atoms with Crippen LogP contribution in [0.4, 0.5) is 0 Å². The molecule has 3 aromatic heterocycles. The van der Waals surface area contributed by atoms with E-state index < -0.39 is 0 Å². The molecule has 298 valence electrons. The van der Waals surface area contributed by atoms with Crippen LogP contribution >= 0.6 is 22.7 Å². The molecule has 3 nitrogen and oxygen atoms in total. The van der Waals surface area contributed by atoms with Gasteiger partial charge in [0.25, 0.3) is 0 Å². The van der Waals surface area contributed by atoms with Crippen LogP contribution in [0.15, 0.2) is 212 Å². The van der Waals surface area contributed by atoms with Crippen molar-refractivity contribution in [1.82, 2.24) is 15.0 Å². The molecule has 0 atom stereocenters. The Balaban J connectivity index is 0.923. The van der Waals surface area contributed by atoms with Crippen LogP contribution in [0.1, 0.15) is 0 Å². The molecule has 0 fully saturated rings. The highest BCUT2D eigenvalue weighted by Gasteiger charge is 2.19. The first-order valence-corrected chi connectivity index (χ1v) is 23.1. The lowest BCUT2D eigenvalue weighted by Crippen LogP contribution is -2.01. The van der Waals surface area contributed by atoms with E-state index in [1.807, 2.05) is 22.7 Å². The first-order valence-electron chi connectivity index (χ1n) is 21.5. The van der Waals surface area contributed by atoms with E-state index in [9.17, 15) is 0 Å². The summed E-state index contributed by atoms with van der Waals surface area (Å²) in [5.41, 5.74) is 10.2. The van der Waals surface area contributed by atoms with Gasteiger partial charge in [-0.25, -0.2) is 15.0 Å². The molecule has 0 amide bonds. The second kappa shape index (κ2) is 14.9. The van der Waals surface area contributed by atoms with Gasteiger partial charge in [0.1, 0.15) is 0 Å². The highest BCUT2D eigenvalue weighted by molar-refractivity contribution is 7.26. The van der Waals surface area contributed by atoms with E-state index in [0.29, 0.717) is 17.5 Å². The lowest BCUT2D eigenvalue weighted by molar-refractivity contribution is 1.08. The Kier molecular flexibility index (Phi) is 8.58. The molecule has 0 bridgehead atoms. The van der Waals surface area contributed by atoms with E-state index >= 15 is 0 Å². The van der Waals surface area contributed by atoms with Crippen molar-refractivity contribution >= 4 is 84.6 Å². The second-order valence-corrected chi connectivity index (χ2v) is 18.5. The van der Waals surface area contributed by atoms with E-state index in [2.05, 4.69) is 212 Å². The van der Waals surface area contributed by atoms with Crippen LogP contribution in [0.2, 0.25) is 0 Å². The molecule has 10 aromatic carbocycles. The van der Waals surface area contributed by atoms with Gasteiger partial charge in [-0.2, -0.15) is 0 Å². The summed E-state index contributed by atoms with van der Waals surface area (Å²) in [6.45, 7) is 0. The first kappa shape index (κ1) is 36.8. The van der Waals surface area contributed by atoms with Gasteiger partial charge in [-0.15, -0.1) is 22.7 Å². The van der Waals surface area contributed by atoms with Gasteiger partial charge in [0, 0.05) is 57.0 Å². The normalized spacial score (nSPS) is 11.8. The van der Waals surface area contributed by atoms with Crippen LogP contribution in [0.25, 0.3) is 129 Å². The Bertz CT molecular complexity index is 3950. The molecule has 0 spiro atoms. The Labute approximate surface area is 377 Å². The Morgan fingerprint density at radius 3 is 1.67 bits per heavy atom. The fourth-order valence-corrected chi connectivity index (χ4v) is 11.8. The van der Waals surface area contributed by atoms with Crippen molar-refractivity contribution in [2.24, 2.45) is 0 Å². The summed E-state index contributed by atoms with van der Waals surface area (Å²) >= 11 is 3.67. The molecule has 0 aliphatic heterocycles. The highest BCUT2D eigenvalue weighted by atomic mass is 32.1. The summed E-state index contributed by atoms with van der Waals surface area (Å²) in [6.07, 6.45) is 0. The zero-order chi connectivity index (χ0) is 42.1. The van der Waals surface area contributed by atoms with Crippen LogP contribution < -0.4 is 0 Å². The van der Waals surface area contributed by atoms with Gasteiger partial charge >= 0.3 is 0 Å². The molecule has 13 aromatic rings. The largest absolute Gasteiger partial charge is 0.208 e. The fraction of sp³-hybridized carbons (Fsp3) is 0. The minimum absolute atomic E-state index is 0.644. The number of rotatable bonds is 6. The molecule has 0 saturated heterocycles. The molecule has 5 heteroatoms. The first-order chi connectivity index (χ1) is 31.7. The summed E-state index contributed by atoms with van der Waals surface area (Å²) in [6, 6.07) is 76.3. The van der Waals surface area contributed by atoms with Crippen LogP contribution in [-0.2, 0) is 0 Å². The van der Waals surface area contributed by atoms with E-state index in [0.717, 1.165) is 32.8 Å². The topological polar surface area (TPSA) is 38.7 Å². The third kappa shape index (κ3) is 6.20. The monoisotopic (exact) mass is 849 g/mol. The maximum absolute atomic E-state index is 5.31. The summed E-state index contributed by atoms with van der Waals surface area (Å²) in [4.78, 5) is 15.8. The molecule has 0 saturated carbocycles. The number of fused-ring (bicyclic) bond motifs is 8. The zero-order valence-electron chi connectivity index (χ0n) is 34.4. The molecule has 0 N–H and O–H groups in total. The van der Waals surface area contributed by atoms with Gasteiger partial charge in [-0.05, 0) is 85.3 Å². The molecule has 0 unspecified atom stereocenters. The predicted molar refractivity (Wildman–Crippen MR) is 273 cm³/mol. The number of hydrogen-bond acceptors (Lipinski definition) is 5. The van der Waals surface area contributed by atoms with Gasteiger partial charge in [0.05, 0.1) is 0 Å². The third-order valence-electron chi connectivity index (χ3n) is 12.5. The summed E-state index contributed by atoms with van der Waals surface area (Å²) in [5, 5.41) is 9.67. The van der Waals surface area contributed by atoms with Crippen LogP contribution in [-0.4, -0.2) is 15.0 Å². The lowest BCUT2D eigenvalue weighted by atomic mass is 9.97. The van der Waals surface area contributed by atoms with E-state index in [4.69, 9.17) is 15.0 Å². The maximum Gasteiger partial charge on any atom is 0.164 e. The lowest BCUT2D eigenvalue weighted by Gasteiger charge is -2.12. The van der Waals surface area contributed by atoms with Crippen LogP contribution in [0, 0.1) is 0 Å². The van der Waals surface area contributed by atoms with Gasteiger partial charge in [0.2, 0.25) is 0 Å². The Morgan fingerprint density at radius 2 is 0.828 bits per heavy atom. The van der Waals surface area contributed by atoms with Gasteiger partial charge in [0.15, 0.2) is 17.5 Å². The SMILES string of the molecule is c1ccc(-c2ccc3cc(-c4ccc5c(c4)sc4cccc(-c6nc(-c7ccc(-c8cccc9c8sc8ccccc89)cc7)nc(-c7cccc8ccccc78)n6)c45)ccc3c2)cc1. The minimum Gasteiger partial charge on any atom is -0.208 e. The van der Waals surface area contributed by atoms with Crippen molar-refractivity contribution in [3.8, 4) is 67.5 Å². The van der Waals surface area contributed by atoms with Crippen molar-refractivity contribution in [2.45, 2.75) is 0 Å². The third-order valence-corrected chi connectivity index (χ3v) is 14.9. The predicted octanol–water partition coefficient (Wildman–Crippen LogP) is 16.9. The van der Waals surface area contributed by atoms with Crippen molar-refractivity contribution in [3.63, 3.8) is 0 Å². The molecular formula is C59H35N3S2. The summed E-state index contributed by atoms with van der Waals surface area (Å²) < 4.78 is 5.03. The number of benzene rings is 10. The van der Waals surface area contributed by atoms with Crippen LogP contribution in [0.3, 0.4) is 0 Å². The standard InChI is InChI=1S/C59H35N3S2/c1-2-11-36(12-3-1)40-27-28-42-34-43(30-29-41(42)33-40)44-31-32-50-54(35-44)63-53-22-10-20-51(55(50)53)59-61-57(60-58(62-59)49-19-8-14-37-13-4-5-15-45(37)49)39-25-23-38(24-26-39)46-17-9-18-48-47-16-6-7-21-52(47)64-56(46)48/h1-35H. The second-order valence-electron chi connectivity index (χ2n) is 16.3. The summed E-state index contributed by atoms with van der Waals surface area (Å²) in [5.74, 6) is 1.96. The molecule has 0 aliphatic rings. The van der Waals surface area contributed by atoms with E-state index in [1.165, 1.54) is 79.1 Å². The number of nitrogens with zero attached hydrogens (tertiary/aromatic N) is 3. The van der Waals surface area contributed by atoms with E-state index in [-0.39, 0.29) is 0 Å². The minimum atomic E-state index is 0.644. The van der Waals surface area contributed by atoms with Crippen molar-refractivity contribution in [1.29, 1.82) is 0 Å². The number of hydrogen-bond donors (Lipinski definition) is 0. The Hall–Kier alpha value is -7.83. The smallest absolute Gasteiger partial charge is 0.164 e. The zero-order valence-corrected chi connectivity index (χ0v) is 36.0. The number of thiophene rings is 2. The molecule has 3 heterocycles. The fourth-order valence-electron chi connectivity index (χ4n) is 9.37. The molecular weight excluding hydrogens is 815 g/mol. The molecule has 13 rings (SSSR count). The van der Waals surface area contributed by atoms with E-state index in [1.54, 1.807) is 0 Å². The van der Waals surface area contributed by atoms with Crippen molar-refractivity contribution in [2.75, 3.05) is 0 Å². The quantitative estimate of drug-likeness (QED) is 0.167. The van der Waals surface area contributed by atoms with Gasteiger partial charge in [-0.3, -0.25) is 0 Å². The maximum atomic E-state index is 5.31. The highest BCUT2D eigenvalue weighted by Crippen LogP contribution is 2.43. The van der Waals surface area contributed by atoms with Crippen molar-refractivity contribution in [3.05, 3.63) is 212 Å². The average molecular weight is 850 g/mol. The summed E-state index contributed by atoms with van der Waals surface area (Å²) in [7, 11) is 0. The van der Waals surface area contributed by atoms with Crippen LogP contribution in [0.5, 0.6) is 0 Å². The molecule has 0 aliphatic carbocycles. The van der Waals surface area contributed by atoms with Gasteiger partial charge < -0.3 is 0 Å². The van der Waals surface area contributed by atoms with Crippen molar-refractivity contribution < 1.29 is 0 Å².